The van der Waals surface area contributed by atoms with Crippen LogP contribution in [0.15, 0.2) is 48.5 Å². The van der Waals surface area contributed by atoms with E-state index in [-0.39, 0.29) is 5.91 Å². The van der Waals surface area contributed by atoms with Crippen molar-refractivity contribution >= 4 is 17.7 Å². The van der Waals surface area contributed by atoms with Gasteiger partial charge in [-0.05, 0) is 49.2 Å². The van der Waals surface area contributed by atoms with Crippen LogP contribution in [-0.2, 0) is 11.2 Å². The molecular formula is C19H22N2O4. The Labute approximate surface area is 147 Å². The number of rotatable bonds is 7. The number of para-hydroxylation sites is 1. The molecule has 0 saturated carbocycles. The summed E-state index contributed by atoms with van der Waals surface area (Å²) in [6, 6.07) is 14.3. The van der Waals surface area contributed by atoms with Crippen LogP contribution in [0.3, 0.4) is 0 Å². The summed E-state index contributed by atoms with van der Waals surface area (Å²) < 4.78 is 10.1. The van der Waals surface area contributed by atoms with Crippen molar-refractivity contribution in [3.63, 3.8) is 0 Å². The van der Waals surface area contributed by atoms with Crippen LogP contribution in [-0.4, -0.2) is 32.3 Å². The maximum Gasteiger partial charge on any atom is 0.411 e. The topological polar surface area (TPSA) is 76.7 Å². The molecule has 2 amide bonds. The maximum atomic E-state index is 12.2. The number of ether oxygens (including phenoxy) is 2. The lowest BCUT2D eigenvalue weighted by atomic mass is 10.1. The van der Waals surface area contributed by atoms with E-state index in [0.717, 1.165) is 11.3 Å². The highest BCUT2D eigenvalue weighted by Gasteiger charge is 2.07. The maximum absolute atomic E-state index is 12.2. The minimum atomic E-state index is -0.517. The average Bonchev–Trinajstić information content (AvgIpc) is 2.63. The second-order valence-electron chi connectivity index (χ2n) is 5.24. The molecule has 0 aromatic heterocycles. The molecular weight excluding hydrogens is 320 g/mol. The highest BCUT2D eigenvalue weighted by atomic mass is 16.5. The van der Waals surface area contributed by atoms with Crippen molar-refractivity contribution in [1.29, 1.82) is 0 Å². The van der Waals surface area contributed by atoms with Gasteiger partial charge in [0.2, 0.25) is 0 Å². The van der Waals surface area contributed by atoms with Crippen molar-refractivity contribution in [2.45, 2.75) is 13.3 Å². The molecule has 0 unspecified atom stereocenters. The lowest BCUT2D eigenvalue weighted by molar-refractivity contribution is 0.0954. The second-order valence-corrected chi connectivity index (χ2v) is 5.24. The monoisotopic (exact) mass is 342 g/mol. The quantitative estimate of drug-likeness (QED) is 0.810. The molecule has 2 aromatic rings. The number of amides is 2. The zero-order valence-electron chi connectivity index (χ0n) is 14.4. The third-order valence-corrected chi connectivity index (χ3v) is 3.54. The molecule has 132 valence electrons. The molecule has 2 rings (SSSR count). The van der Waals surface area contributed by atoms with E-state index in [2.05, 4.69) is 10.6 Å². The number of benzene rings is 2. The van der Waals surface area contributed by atoms with Gasteiger partial charge >= 0.3 is 6.09 Å². The van der Waals surface area contributed by atoms with E-state index in [0.29, 0.717) is 30.8 Å². The zero-order chi connectivity index (χ0) is 18.1. The number of hydrogen-bond donors (Lipinski definition) is 2. The van der Waals surface area contributed by atoms with E-state index < -0.39 is 6.09 Å². The molecule has 25 heavy (non-hydrogen) atoms. The van der Waals surface area contributed by atoms with E-state index in [1.165, 1.54) is 0 Å². The lowest BCUT2D eigenvalue weighted by Gasteiger charge is -2.09. The molecule has 0 spiro atoms. The Morgan fingerprint density at radius 1 is 1.04 bits per heavy atom. The van der Waals surface area contributed by atoms with Crippen LogP contribution in [0.25, 0.3) is 0 Å². The molecule has 0 heterocycles. The SMILES string of the molecule is CCOC(=O)Nc1ccc(C(=O)NCCc2ccccc2OC)cc1. The van der Waals surface area contributed by atoms with Crippen molar-refractivity contribution in [3.05, 3.63) is 59.7 Å². The van der Waals surface area contributed by atoms with Crippen LogP contribution < -0.4 is 15.4 Å². The predicted molar refractivity (Wildman–Crippen MR) is 96.1 cm³/mol. The van der Waals surface area contributed by atoms with Crippen molar-refractivity contribution in [2.24, 2.45) is 0 Å². The first-order valence-corrected chi connectivity index (χ1v) is 8.08. The fourth-order valence-corrected chi connectivity index (χ4v) is 2.31. The van der Waals surface area contributed by atoms with Crippen LogP contribution in [0.5, 0.6) is 5.75 Å². The van der Waals surface area contributed by atoms with Gasteiger partial charge in [-0.3, -0.25) is 10.1 Å². The third-order valence-electron chi connectivity index (χ3n) is 3.54. The minimum Gasteiger partial charge on any atom is -0.496 e. The van der Waals surface area contributed by atoms with E-state index in [4.69, 9.17) is 9.47 Å². The smallest absolute Gasteiger partial charge is 0.411 e. The van der Waals surface area contributed by atoms with Gasteiger partial charge in [0.25, 0.3) is 5.91 Å². The Bertz CT molecular complexity index is 714. The Balaban J connectivity index is 1.85. The van der Waals surface area contributed by atoms with Crippen LogP contribution in [0.2, 0.25) is 0 Å². The molecule has 0 bridgehead atoms. The Morgan fingerprint density at radius 3 is 2.44 bits per heavy atom. The first-order valence-electron chi connectivity index (χ1n) is 8.08. The summed E-state index contributed by atoms with van der Waals surface area (Å²) in [6.45, 7) is 2.54. The van der Waals surface area contributed by atoms with Gasteiger partial charge in [0.05, 0.1) is 13.7 Å². The summed E-state index contributed by atoms with van der Waals surface area (Å²) in [7, 11) is 1.63. The summed E-state index contributed by atoms with van der Waals surface area (Å²) in [6.07, 6.45) is 0.162. The van der Waals surface area contributed by atoms with E-state index in [1.807, 2.05) is 24.3 Å². The van der Waals surface area contributed by atoms with Crippen molar-refractivity contribution in [1.82, 2.24) is 5.32 Å². The van der Waals surface area contributed by atoms with Crippen LogP contribution in [0, 0.1) is 0 Å². The van der Waals surface area contributed by atoms with Crippen molar-refractivity contribution in [2.75, 3.05) is 25.6 Å². The van der Waals surface area contributed by atoms with Gasteiger partial charge in [0.1, 0.15) is 5.75 Å². The van der Waals surface area contributed by atoms with Gasteiger partial charge in [-0.25, -0.2) is 4.79 Å². The summed E-state index contributed by atoms with van der Waals surface area (Å²) in [5, 5.41) is 5.45. The van der Waals surface area contributed by atoms with Gasteiger partial charge in [-0.1, -0.05) is 18.2 Å². The number of carbonyl (C=O) groups is 2. The first kappa shape index (κ1) is 18.3. The van der Waals surface area contributed by atoms with Gasteiger partial charge in [-0.15, -0.1) is 0 Å². The fraction of sp³-hybridized carbons (Fsp3) is 0.263. The van der Waals surface area contributed by atoms with E-state index in [1.54, 1.807) is 38.3 Å². The Kier molecular flexibility index (Phi) is 6.83. The molecule has 0 fully saturated rings. The number of nitrogens with one attached hydrogen (secondary N) is 2. The van der Waals surface area contributed by atoms with Gasteiger partial charge in [-0.2, -0.15) is 0 Å². The Morgan fingerprint density at radius 2 is 1.76 bits per heavy atom. The predicted octanol–water partition coefficient (Wildman–Crippen LogP) is 3.24. The number of hydrogen-bond acceptors (Lipinski definition) is 4. The summed E-state index contributed by atoms with van der Waals surface area (Å²) in [4.78, 5) is 23.5. The molecule has 2 N–H and O–H groups in total. The molecule has 0 aliphatic rings. The van der Waals surface area contributed by atoms with Crippen molar-refractivity contribution < 1.29 is 19.1 Å². The largest absolute Gasteiger partial charge is 0.496 e. The van der Waals surface area contributed by atoms with Gasteiger partial charge < -0.3 is 14.8 Å². The van der Waals surface area contributed by atoms with Crippen LogP contribution >= 0.6 is 0 Å². The highest BCUT2D eigenvalue weighted by molar-refractivity contribution is 5.95. The number of anilines is 1. The highest BCUT2D eigenvalue weighted by Crippen LogP contribution is 2.17. The molecule has 6 nitrogen and oxygen atoms in total. The molecule has 2 aromatic carbocycles. The summed E-state index contributed by atoms with van der Waals surface area (Å²) >= 11 is 0. The minimum absolute atomic E-state index is 0.169. The normalized spacial score (nSPS) is 10.0. The molecule has 0 aliphatic heterocycles. The number of methoxy groups -OCH3 is 1. The molecule has 0 atom stereocenters. The second kappa shape index (κ2) is 9.32. The van der Waals surface area contributed by atoms with Crippen LogP contribution in [0.1, 0.15) is 22.8 Å². The summed E-state index contributed by atoms with van der Waals surface area (Å²) in [5.41, 5.74) is 2.14. The van der Waals surface area contributed by atoms with E-state index >= 15 is 0 Å². The summed E-state index contributed by atoms with van der Waals surface area (Å²) in [5.74, 6) is 0.642. The number of carbonyl (C=O) groups excluding carboxylic acids is 2. The average molecular weight is 342 g/mol. The molecule has 0 radical (unpaired) electrons. The standard InChI is InChI=1S/C19H22N2O4/c1-3-25-19(23)21-16-10-8-15(9-11-16)18(22)20-13-12-14-6-4-5-7-17(14)24-2/h4-11H,3,12-13H2,1-2H3,(H,20,22)(H,21,23). The molecule has 0 saturated heterocycles. The Hall–Kier alpha value is -3.02. The van der Waals surface area contributed by atoms with Crippen LogP contribution in [0.4, 0.5) is 10.5 Å². The van der Waals surface area contributed by atoms with E-state index in [9.17, 15) is 9.59 Å². The molecule has 0 aliphatic carbocycles. The van der Waals surface area contributed by atoms with Crippen molar-refractivity contribution in [3.8, 4) is 5.75 Å². The van der Waals surface area contributed by atoms with Gasteiger partial charge in [0.15, 0.2) is 0 Å². The van der Waals surface area contributed by atoms with Gasteiger partial charge in [0, 0.05) is 17.8 Å². The zero-order valence-corrected chi connectivity index (χ0v) is 14.4. The molecule has 6 heteroatoms. The fourth-order valence-electron chi connectivity index (χ4n) is 2.31. The lowest BCUT2D eigenvalue weighted by Crippen LogP contribution is -2.25. The third kappa shape index (κ3) is 5.53. The first-order chi connectivity index (χ1) is 12.1.